The van der Waals surface area contributed by atoms with Gasteiger partial charge in [0, 0.05) is 31.5 Å². The predicted molar refractivity (Wildman–Crippen MR) is 73.4 cm³/mol. The minimum atomic E-state index is -1.01. The molecule has 2 rings (SSSR count). The lowest BCUT2D eigenvalue weighted by atomic mass is 10.1. The molecule has 0 fully saturated rings. The standard InChI is InChI=1S/C15H14N2O3/c1-17(10-11-6-8-16-9-7-11)14(18)12-2-4-13(5-3-12)15(19)20/h2-9H,10H2,1H3,(H,19,20). The highest BCUT2D eigenvalue weighted by Crippen LogP contribution is 2.09. The molecule has 0 aliphatic rings. The van der Waals surface area contributed by atoms with E-state index >= 15 is 0 Å². The third-order valence-electron chi connectivity index (χ3n) is 2.89. The first-order valence-corrected chi connectivity index (χ1v) is 6.05. The molecule has 0 saturated carbocycles. The van der Waals surface area contributed by atoms with Gasteiger partial charge in [-0.25, -0.2) is 4.79 Å². The molecule has 0 aliphatic carbocycles. The van der Waals surface area contributed by atoms with Gasteiger partial charge in [0.15, 0.2) is 0 Å². The van der Waals surface area contributed by atoms with Crippen LogP contribution in [0.2, 0.25) is 0 Å². The molecule has 20 heavy (non-hydrogen) atoms. The van der Waals surface area contributed by atoms with Crippen LogP contribution >= 0.6 is 0 Å². The predicted octanol–water partition coefficient (Wildman–Crippen LogP) is 2.05. The largest absolute Gasteiger partial charge is 0.478 e. The van der Waals surface area contributed by atoms with Crippen LogP contribution in [-0.4, -0.2) is 33.9 Å². The average Bonchev–Trinajstić information content (AvgIpc) is 2.47. The summed E-state index contributed by atoms with van der Waals surface area (Å²) in [5.41, 5.74) is 1.61. The summed E-state index contributed by atoms with van der Waals surface area (Å²) in [6, 6.07) is 9.59. The minimum absolute atomic E-state index is 0.154. The number of hydrogen-bond acceptors (Lipinski definition) is 3. The number of carboxylic acid groups (broad SMARTS) is 1. The summed E-state index contributed by atoms with van der Waals surface area (Å²) < 4.78 is 0. The van der Waals surface area contributed by atoms with E-state index in [-0.39, 0.29) is 11.5 Å². The SMILES string of the molecule is CN(Cc1ccncc1)C(=O)c1ccc(C(=O)O)cc1. The lowest BCUT2D eigenvalue weighted by molar-refractivity contribution is 0.0695. The van der Waals surface area contributed by atoms with Gasteiger partial charge in [-0.15, -0.1) is 0 Å². The third kappa shape index (κ3) is 3.20. The van der Waals surface area contributed by atoms with Crippen LogP contribution < -0.4 is 0 Å². The molecular weight excluding hydrogens is 256 g/mol. The molecule has 0 bridgehead atoms. The van der Waals surface area contributed by atoms with Crippen molar-refractivity contribution < 1.29 is 14.7 Å². The number of carboxylic acids is 1. The van der Waals surface area contributed by atoms with Gasteiger partial charge in [0.2, 0.25) is 0 Å². The van der Waals surface area contributed by atoms with Crippen LogP contribution in [0.1, 0.15) is 26.3 Å². The molecule has 0 spiro atoms. The lowest BCUT2D eigenvalue weighted by Gasteiger charge is -2.17. The Morgan fingerprint density at radius 1 is 1.05 bits per heavy atom. The average molecular weight is 270 g/mol. The summed E-state index contributed by atoms with van der Waals surface area (Å²) in [5.74, 6) is -1.16. The van der Waals surface area contributed by atoms with Crippen molar-refractivity contribution in [2.45, 2.75) is 6.54 Å². The summed E-state index contributed by atoms with van der Waals surface area (Å²) in [6.07, 6.45) is 3.35. The van der Waals surface area contributed by atoms with Crippen molar-refractivity contribution in [3.8, 4) is 0 Å². The Labute approximate surface area is 116 Å². The number of pyridine rings is 1. The van der Waals surface area contributed by atoms with Crippen molar-refractivity contribution in [3.05, 3.63) is 65.5 Å². The number of carbonyl (C=O) groups excluding carboxylic acids is 1. The highest BCUT2D eigenvalue weighted by Gasteiger charge is 2.12. The molecular formula is C15H14N2O3. The molecule has 5 nitrogen and oxygen atoms in total. The number of aromatic nitrogens is 1. The van der Waals surface area contributed by atoms with E-state index < -0.39 is 5.97 Å². The van der Waals surface area contributed by atoms with Gasteiger partial charge in [0.25, 0.3) is 5.91 Å². The summed E-state index contributed by atoms with van der Waals surface area (Å²) in [7, 11) is 1.70. The highest BCUT2D eigenvalue weighted by molar-refractivity contribution is 5.95. The Balaban J connectivity index is 2.08. The van der Waals surface area contributed by atoms with Crippen LogP contribution in [0.25, 0.3) is 0 Å². The number of rotatable bonds is 4. The quantitative estimate of drug-likeness (QED) is 0.923. The fourth-order valence-electron chi connectivity index (χ4n) is 1.81. The van der Waals surface area contributed by atoms with E-state index in [0.29, 0.717) is 12.1 Å². The summed E-state index contributed by atoms with van der Waals surface area (Å²) in [5, 5.41) is 8.82. The van der Waals surface area contributed by atoms with E-state index in [4.69, 9.17) is 5.11 Å². The number of carbonyl (C=O) groups is 2. The van der Waals surface area contributed by atoms with Crippen molar-refractivity contribution in [2.75, 3.05) is 7.05 Å². The molecule has 1 N–H and O–H groups in total. The second-order valence-corrected chi connectivity index (χ2v) is 4.40. The smallest absolute Gasteiger partial charge is 0.335 e. The molecule has 2 aromatic rings. The summed E-state index contributed by atoms with van der Waals surface area (Å²) in [6.45, 7) is 0.474. The van der Waals surface area contributed by atoms with Gasteiger partial charge in [-0.2, -0.15) is 0 Å². The van der Waals surface area contributed by atoms with Crippen LogP contribution in [0, 0.1) is 0 Å². The van der Waals surface area contributed by atoms with Gasteiger partial charge in [-0.1, -0.05) is 0 Å². The van der Waals surface area contributed by atoms with Gasteiger partial charge in [0.1, 0.15) is 0 Å². The fraction of sp³-hybridized carbons (Fsp3) is 0.133. The van der Waals surface area contributed by atoms with E-state index in [1.807, 2.05) is 12.1 Å². The zero-order valence-corrected chi connectivity index (χ0v) is 11.0. The second-order valence-electron chi connectivity index (χ2n) is 4.40. The van der Waals surface area contributed by atoms with E-state index in [2.05, 4.69) is 4.98 Å². The number of hydrogen-bond donors (Lipinski definition) is 1. The van der Waals surface area contributed by atoms with Crippen LogP contribution in [0.5, 0.6) is 0 Å². The van der Waals surface area contributed by atoms with Crippen LogP contribution in [0.15, 0.2) is 48.8 Å². The van der Waals surface area contributed by atoms with Crippen molar-refractivity contribution >= 4 is 11.9 Å². The zero-order chi connectivity index (χ0) is 14.5. The Morgan fingerprint density at radius 2 is 1.60 bits per heavy atom. The van der Waals surface area contributed by atoms with Gasteiger partial charge in [0.05, 0.1) is 5.56 Å². The van der Waals surface area contributed by atoms with Gasteiger partial charge in [-0.05, 0) is 42.0 Å². The van der Waals surface area contributed by atoms with Gasteiger partial charge >= 0.3 is 5.97 Å². The minimum Gasteiger partial charge on any atom is -0.478 e. The topological polar surface area (TPSA) is 70.5 Å². The zero-order valence-electron chi connectivity index (χ0n) is 11.0. The summed E-state index contributed by atoms with van der Waals surface area (Å²) in [4.78, 5) is 28.4. The molecule has 102 valence electrons. The molecule has 1 aromatic carbocycles. The van der Waals surface area contributed by atoms with Crippen molar-refractivity contribution in [1.82, 2.24) is 9.88 Å². The molecule has 0 aliphatic heterocycles. The summed E-state index contributed by atoms with van der Waals surface area (Å²) >= 11 is 0. The normalized spacial score (nSPS) is 10.1. The Bertz CT molecular complexity index is 609. The number of amides is 1. The van der Waals surface area contributed by atoms with E-state index in [9.17, 15) is 9.59 Å². The monoisotopic (exact) mass is 270 g/mol. The first kappa shape index (κ1) is 13.7. The molecule has 1 heterocycles. The molecule has 5 heteroatoms. The van der Waals surface area contributed by atoms with Crippen LogP contribution in [-0.2, 0) is 6.54 Å². The maximum Gasteiger partial charge on any atom is 0.335 e. The van der Waals surface area contributed by atoms with E-state index in [0.717, 1.165) is 5.56 Å². The molecule has 0 atom stereocenters. The van der Waals surface area contributed by atoms with Crippen LogP contribution in [0.4, 0.5) is 0 Å². The molecule has 0 radical (unpaired) electrons. The molecule has 0 saturated heterocycles. The lowest BCUT2D eigenvalue weighted by Crippen LogP contribution is -2.26. The molecule has 1 aromatic heterocycles. The Morgan fingerprint density at radius 3 is 2.15 bits per heavy atom. The molecule has 0 unspecified atom stereocenters. The van der Waals surface area contributed by atoms with Crippen molar-refractivity contribution in [3.63, 3.8) is 0 Å². The third-order valence-corrected chi connectivity index (χ3v) is 2.89. The highest BCUT2D eigenvalue weighted by atomic mass is 16.4. The Kier molecular flexibility index (Phi) is 4.10. The maximum absolute atomic E-state index is 12.2. The number of nitrogens with zero attached hydrogens (tertiary/aromatic N) is 2. The fourth-order valence-corrected chi connectivity index (χ4v) is 1.81. The Hall–Kier alpha value is -2.69. The first-order chi connectivity index (χ1) is 9.58. The second kappa shape index (κ2) is 5.97. The van der Waals surface area contributed by atoms with E-state index in [1.54, 1.807) is 24.3 Å². The van der Waals surface area contributed by atoms with Gasteiger partial charge in [-0.3, -0.25) is 9.78 Å². The van der Waals surface area contributed by atoms with Crippen LogP contribution in [0.3, 0.4) is 0 Å². The number of aromatic carboxylic acids is 1. The van der Waals surface area contributed by atoms with Crippen molar-refractivity contribution in [2.24, 2.45) is 0 Å². The van der Waals surface area contributed by atoms with Crippen molar-refractivity contribution in [1.29, 1.82) is 0 Å². The maximum atomic E-state index is 12.2. The number of benzene rings is 1. The van der Waals surface area contributed by atoms with Gasteiger partial charge < -0.3 is 10.0 Å². The first-order valence-electron chi connectivity index (χ1n) is 6.05. The van der Waals surface area contributed by atoms with E-state index in [1.165, 1.54) is 24.3 Å². The molecule has 1 amide bonds.